The molecule has 18 heavy (non-hydrogen) atoms. The summed E-state index contributed by atoms with van der Waals surface area (Å²) in [5.41, 5.74) is 2.54. The van der Waals surface area contributed by atoms with Crippen LogP contribution in [0.15, 0.2) is 36.4 Å². The van der Waals surface area contributed by atoms with Crippen LogP contribution in [0.1, 0.15) is 5.69 Å². The van der Waals surface area contributed by atoms with Crippen molar-refractivity contribution in [3.63, 3.8) is 0 Å². The van der Waals surface area contributed by atoms with Crippen molar-refractivity contribution in [3.8, 4) is 17.0 Å². The fraction of sp³-hybridized carbons (Fsp3) is 0.154. The highest BCUT2D eigenvalue weighted by Crippen LogP contribution is 2.20. The van der Waals surface area contributed by atoms with E-state index in [0.29, 0.717) is 5.75 Å². The molecule has 0 aliphatic heterocycles. The van der Waals surface area contributed by atoms with Crippen LogP contribution < -0.4 is 4.74 Å². The van der Waals surface area contributed by atoms with Gasteiger partial charge in [-0.1, -0.05) is 0 Å². The molecule has 0 fully saturated rings. The standard InChI is InChI=1S/C13H12N2O3/c1-9-2-7-12(15-14-9)10-3-5-11(6-4-10)18-8-13(16)17/h2-7H,8H2,1H3,(H,16,17). The minimum atomic E-state index is -0.997. The SMILES string of the molecule is Cc1ccc(-c2ccc(OCC(=O)O)cc2)nn1. The number of aliphatic carboxylic acids is 1. The Morgan fingerprint density at radius 1 is 1.17 bits per heavy atom. The van der Waals surface area contributed by atoms with Crippen LogP contribution in [-0.2, 0) is 4.79 Å². The van der Waals surface area contributed by atoms with Gasteiger partial charge in [0, 0.05) is 5.56 Å². The lowest BCUT2D eigenvalue weighted by atomic mass is 10.1. The van der Waals surface area contributed by atoms with Gasteiger partial charge in [-0.25, -0.2) is 4.79 Å². The summed E-state index contributed by atoms with van der Waals surface area (Å²) in [5.74, 6) is -0.482. The summed E-state index contributed by atoms with van der Waals surface area (Å²) in [6.07, 6.45) is 0. The number of hydrogen-bond acceptors (Lipinski definition) is 4. The number of hydrogen-bond donors (Lipinski definition) is 1. The third kappa shape index (κ3) is 3.04. The van der Waals surface area contributed by atoms with Crippen LogP contribution in [0.4, 0.5) is 0 Å². The zero-order valence-electron chi connectivity index (χ0n) is 9.83. The third-order valence-corrected chi connectivity index (χ3v) is 2.31. The van der Waals surface area contributed by atoms with Gasteiger partial charge in [-0.3, -0.25) is 0 Å². The van der Waals surface area contributed by atoms with Crippen LogP contribution in [-0.4, -0.2) is 27.9 Å². The number of carbonyl (C=O) groups is 1. The molecule has 0 bridgehead atoms. The van der Waals surface area contributed by atoms with Gasteiger partial charge >= 0.3 is 5.97 Å². The van der Waals surface area contributed by atoms with Crippen molar-refractivity contribution in [1.82, 2.24) is 10.2 Å². The van der Waals surface area contributed by atoms with E-state index >= 15 is 0 Å². The number of carboxylic acids is 1. The molecule has 0 unspecified atom stereocenters. The predicted molar refractivity (Wildman–Crippen MR) is 65.3 cm³/mol. The first-order valence-corrected chi connectivity index (χ1v) is 5.40. The Morgan fingerprint density at radius 2 is 1.89 bits per heavy atom. The Hall–Kier alpha value is -2.43. The van der Waals surface area contributed by atoms with E-state index in [1.165, 1.54) is 0 Å². The topological polar surface area (TPSA) is 72.3 Å². The second-order valence-electron chi connectivity index (χ2n) is 3.77. The number of aryl methyl sites for hydroxylation is 1. The predicted octanol–water partition coefficient (Wildman–Crippen LogP) is 1.92. The van der Waals surface area contributed by atoms with Crippen LogP contribution in [0.5, 0.6) is 5.75 Å². The van der Waals surface area contributed by atoms with Gasteiger partial charge in [0.1, 0.15) is 5.75 Å². The summed E-state index contributed by atoms with van der Waals surface area (Å²) in [5, 5.41) is 16.5. The maximum atomic E-state index is 10.3. The number of ether oxygens (including phenoxy) is 1. The molecule has 0 atom stereocenters. The molecular formula is C13H12N2O3. The Labute approximate surface area is 104 Å². The van der Waals surface area contributed by atoms with E-state index < -0.39 is 5.97 Å². The van der Waals surface area contributed by atoms with Gasteiger partial charge in [-0.15, -0.1) is 0 Å². The highest BCUT2D eigenvalue weighted by molar-refractivity contribution is 5.68. The molecule has 5 nitrogen and oxygen atoms in total. The minimum Gasteiger partial charge on any atom is -0.482 e. The number of nitrogens with zero attached hydrogens (tertiary/aromatic N) is 2. The summed E-state index contributed by atoms with van der Waals surface area (Å²) < 4.78 is 5.04. The van der Waals surface area contributed by atoms with Crippen molar-refractivity contribution in [2.75, 3.05) is 6.61 Å². The molecule has 0 spiro atoms. The first kappa shape index (κ1) is 12.0. The molecule has 92 valence electrons. The van der Waals surface area contributed by atoms with E-state index in [2.05, 4.69) is 10.2 Å². The van der Waals surface area contributed by atoms with Crippen molar-refractivity contribution in [2.24, 2.45) is 0 Å². The van der Waals surface area contributed by atoms with Gasteiger partial charge in [0.2, 0.25) is 0 Å². The van der Waals surface area contributed by atoms with Crippen molar-refractivity contribution >= 4 is 5.97 Å². The molecule has 2 rings (SSSR count). The van der Waals surface area contributed by atoms with Gasteiger partial charge in [-0.2, -0.15) is 10.2 Å². The van der Waals surface area contributed by atoms with E-state index in [1.54, 1.807) is 12.1 Å². The molecular weight excluding hydrogens is 232 g/mol. The molecule has 1 heterocycles. The van der Waals surface area contributed by atoms with E-state index in [1.807, 2.05) is 31.2 Å². The van der Waals surface area contributed by atoms with Gasteiger partial charge in [0.15, 0.2) is 6.61 Å². The molecule has 1 aromatic heterocycles. The lowest BCUT2D eigenvalue weighted by Crippen LogP contribution is -2.09. The summed E-state index contributed by atoms with van der Waals surface area (Å²) in [6, 6.07) is 10.8. The largest absolute Gasteiger partial charge is 0.482 e. The molecule has 5 heteroatoms. The molecule has 0 aliphatic carbocycles. The minimum absolute atomic E-state index is 0.344. The lowest BCUT2D eigenvalue weighted by molar-refractivity contribution is -0.139. The Balaban J connectivity index is 2.12. The Morgan fingerprint density at radius 3 is 2.44 bits per heavy atom. The second-order valence-corrected chi connectivity index (χ2v) is 3.77. The molecule has 0 aliphatic rings. The third-order valence-electron chi connectivity index (χ3n) is 2.31. The zero-order chi connectivity index (χ0) is 13.0. The highest BCUT2D eigenvalue weighted by Gasteiger charge is 2.02. The molecule has 0 amide bonds. The average molecular weight is 244 g/mol. The number of benzene rings is 1. The first-order valence-electron chi connectivity index (χ1n) is 5.40. The molecule has 0 saturated heterocycles. The molecule has 1 aromatic carbocycles. The maximum absolute atomic E-state index is 10.3. The van der Waals surface area contributed by atoms with Crippen LogP contribution >= 0.6 is 0 Å². The number of rotatable bonds is 4. The summed E-state index contributed by atoms with van der Waals surface area (Å²) in [7, 11) is 0. The zero-order valence-corrected chi connectivity index (χ0v) is 9.83. The van der Waals surface area contributed by atoms with E-state index in [-0.39, 0.29) is 6.61 Å². The summed E-state index contributed by atoms with van der Waals surface area (Å²) in [6.45, 7) is 1.53. The van der Waals surface area contributed by atoms with Gasteiger partial charge < -0.3 is 9.84 Å². The average Bonchev–Trinajstić information content (AvgIpc) is 2.38. The van der Waals surface area contributed by atoms with E-state index in [4.69, 9.17) is 9.84 Å². The Bertz CT molecular complexity index is 535. The highest BCUT2D eigenvalue weighted by atomic mass is 16.5. The monoisotopic (exact) mass is 244 g/mol. The summed E-state index contributed by atoms with van der Waals surface area (Å²) >= 11 is 0. The molecule has 1 N–H and O–H groups in total. The normalized spacial score (nSPS) is 10.1. The Kier molecular flexibility index (Phi) is 3.52. The van der Waals surface area contributed by atoms with Crippen molar-refractivity contribution < 1.29 is 14.6 Å². The van der Waals surface area contributed by atoms with Gasteiger partial charge in [0.05, 0.1) is 11.4 Å². The molecule has 0 radical (unpaired) electrons. The molecule has 2 aromatic rings. The second kappa shape index (κ2) is 5.27. The van der Waals surface area contributed by atoms with Crippen LogP contribution in [0.25, 0.3) is 11.3 Å². The first-order chi connectivity index (χ1) is 8.65. The lowest BCUT2D eigenvalue weighted by Gasteiger charge is -2.04. The quantitative estimate of drug-likeness (QED) is 0.889. The van der Waals surface area contributed by atoms with Crippen molar-refractivity contribution in [1.29, 1.82) is 0 Å². The summed E-state index contributed by atoms with van der Waals surface area (Å²) in [4.78, 5) is 10.3. The maximum Gasteiger partial charge on any atom is 0.341 e. The van der Waals surface area contributed by atoms with Gasteiger partial charge in [-0.05, 0) is 43.3 Å². The number of carboxylic acid groups (broad SMARTS) is 1. The number of aromatic nitrogens is 2. The smallest absolute Gasteiger partial charge is 0.341 e. The fourth-order valence-corrected chi connectivity index (χ4v) is 1.42. The van der Waals surface area contributed by atoms with Gasteiger partial charge in [0.25, 0.3) is 0 Å². The van der Waals surface area contributed by atoms with E-state index in [9.17, 15) is 4.79 Å². The van der Waals surface area contributed by atoms with Crippen molar-refractivity contribution in [3.05, 3.63) is 42.1 Å². The van der Waals surface area contributed by atoms with Crippen LogP contribution in [0.3, 0.4) is 0 Å². The fourth-order valence-electron chi connectivity index (χ4n) is 1.42. The van der Waals surface area contributed by atoms with Crippen LogP contribution in [0, 0.1) is 6.92 Å². The van der Waals surface area contributed by atoms with Crippen LogP contribution in [0.2, 0.25) is 0 Å². The molecule has 0 saturated carbocycles. The van der Waals surface area contributed by atoms with Crippen molar-refractivity contribution in [2.45, 2.75) is 6.92 Å². The van der Waals surface area contributed by atoms with E-state index in [0.717, 1.165) is 17.0 Å².